The Kier molecular flexibility index (Phi) is 5.14. The van der Waals surface area contributed by atoms with Crippen LogP contribution < -0.4 is 5.43 Å². The van der Waals surface area contributed by atoms with Crippen molar-refractivity contribution >= 4 is 28.5 Å². The monoisotopic (exact) mass is 356 g/mol. The summed E-state index contributed by atoms with van der Waals surface area (Å²) in [6, 6.07) is 9.32. The van der Waals surface area contributed by atoms with Gasteiger partial charge in [0.25, 0.3) is 0 Å². The van der Waals surface area contributed by atoms with Crippen LogP contribution in [0, 0.1) is 0 Å². The highest BCUT2D eigenvalue weighted by molar-refractivity contribution is 6.17. The van der Waals surface area contributed by atoms with Crippen LogP contribution in [0.3, 0.4) is 0 Å². The van der Waals surface area contributed by atoms with Gasteiger partial charge in [-0.15, -0.1) is 11.6 Å². The number of nitrogens with zero attached hydrogens (tertiary/aromatic N) is 2. The van der Waals surface area contributed by atoms with Gasteiger partial charge in [0.1, 0.15) is 5.56 Å². The Morgan fingerprint density at radius 2 is 1.96 bits per heavy atom. The van der Waals surface area contributed by atoms with Crippen molar-refractivity contribution in [1.29, 1.82) is 0 Å². The molecule has 1 aromatic carbocycles. The third-order valence-electron chi connectivity index (χ3n) is 3.92. The standard InChI is InChI=1S/C19H17ClN2O3/c1-2-25-19(24)16-12-22(10-7-20)17-11-14(3-4-15(17)18(16)23)13-5-8-21-9-6-13/h3-6,8-9,11-12H,2,7,10H2,1H3. The molecule has 3 aromatic rings. The highest BCUT2D eigenvalue weighted by Crippen LogP contribution is 2.23. The van der Waals surface area contributed by atoms with Crippen molar-refractivity contribution < 1.29 is 9.53 Å². The van der Waals surface area contributed by atoms with Gasteiger partial charge in [-0.1, -0.05) is 6.07 Å². The first-order chi connectivity index (χ1) is 12.2. The molecule has 128 valence electrons. The van der Waals surface area contributed by atoms with Gasteiger partial charge >= 0.3 is 5.97 Å². The second kappa shape index (κ2) is 7.49. The van der Waals surface area contributed by atoms with Crippen LogP contribution in [0.25, 0.3) is 22.0 Å². The lowest BCUT2D eigenvalue weighted by Gasteiger charge is -2.13. The smallest absolute Gasteiger partial charge is 0.343 e. The maximum atomic E-state index is 12.7. The Labute approximate surface area is 149 Å². The summed E-state index contributed by atoms with van der Waals surface area (Å²) in [6.07, 6.45) is 4.96. The molecule has 0 bridgehead atoms. The van der Waals surface area contributed by atoms with E-state index in [1.165, 1.54) is 6.20 Å². The number of aryl methyl sites for hydroxylation is 1. The van der Waals surface area contributed by atoms with Gasteiger partial charge in [-0.2, -0.15) is 0 Å². The van der Waals surface area contributed by atoms with Crippen LogP contribution in [-0.4, -0.2) is 28.0 Å². The average molecular weight is 357 g/mol. The molecule has 0 unspecified atom stereocenters. The number of benzene rings is 1. The van der Waals surface area contributed by atoms with E-state index in [1.807, 2.05) is 28.8 Å². The number of ether oxygens (including phenoxy) is 1. The second-order valence-corrected chi connectivity index (χ2v) is 5.82. The van der Waals surface area contributed by atoms with Crippen molar-refractivity contribution in [3.63, 3.8) is 0 Å². The minimum Gasteiger partial charge on any atom is -0.462 e. The molecule has 0 fully saturated rings. The van der Waals surface area contributed by atoms with E-state index in [-0.39, 0.29) is 17.6 Å². The van der Waals surface area contributed by atoms with Gasteiger partial charge < -0.3 is 9.30 Å². The van der Waals surface area contributed by atoms with Gasteiger partial charge in [-0.3, -0.25) is 9.78 Å². The first-order valence-electron chi connectivity index (χ1n) is 7.96. The summed E-state index contributed by atoms with van der Waals surface area (Å²) in [6.45, 7) is 2.40. The molecule has 0 saturated heterocycles. The van der Waals surface area contributed by atoms with E-state index in [2.05, 4.69) is 4.98 Å². The molecule has 0 aliphatic heterocycles. The van der Waals surface area contributed by atoms with E-state index in [9.17, 15) is 9.59 Å². The van der Waals surface area contributed by atoms with Crippen molar-refractivity contribution in [3.8, 4) is 11.1 Å². The van der Waals surface area contributed by atoms with Gasteiger partial charge in [-0.05, 0) is 42.3 Å². The van der Waals surface area contributed by atoms with E-state index < -0.39 is 5.97 Å². The van der Waals surface area contributed by atoms with Crippen molar-refractivity contribution in [1.82, 2.24) is 9.55 Å². The molecule has 0 spiro atoms. The number of carbonyl (C=O) groups is 1. The van der Waals surface area contributed by atoms with Crippen LogP contribution in [0.5, 0.6) is 0 Å². The lowest BCUT2D eigenvalue weighted by molar-refractivity contribution is 0.0524. The zero-order valence-electron chi connectivity index (χ0n) is 13.7. The highest BCUT2D eigenvalue weighted by Gasteiger charge is 2.16. The minimum atomic E-state index is -0.615. The first kappa shape index (κ1) is 17.2. The number of alkyl halides is 1. The molecule has 0 aliphatic rings. The number of pyridine rings is 2. The molecule has 0 N–H and O–H groups in total. The topological polar surface area (TPSA) is 61.2 Å². The molecule has 6 heteroatoms. The molecular formula is C19H17ClN2O3. The summed E-state index contributed by atoms with van der Waals surface area (Å²) >= 11 is 5.90. The Hall–Kier alpha value is -2.66. The van der Waals surface area contributed by atoms with E-state index in [1.54, 1.807) is 25.4 Å². The molecule has 0 saturated carbocycles. The van der Waals surface area contributed by atoms with Gasteiger partial charge in [-0.25, -0.2) is 4.79 Å². The van der Waals surface area contributed by atoms with Crippen LogP contribution in [0.15, 0.2) is 53.7 Å². The zero-order valence-corrected chi connectivity index (χ0v) is 14.5. The van der Waals surface area contributed by atoms with Crippen molar-refractivity contribution in [2.24, 2.45) is 0 Å². The number of carbonyl (C=O) groups excluding carboxylic acids is 1. The molecule has 3 rings (SSSR count). The van der Waals surface area contributed by atoms with Gasteiger partial charge in [0.05, 0.1) is 12.1 Å². The maximum Gasteiger partial charge on any atom is 0.343 e. The largest absolute Gasteiger partial charge is 0.462 e. The van der Waals surface area contributed by atoms with Crippen LogP contribution >= 0.6 is 11.6 Å². The molecule has 0 radical (unpaired) electrons. The quantitative estimate of drug-likeness (QED) is 0.518. The predicted molar refractivity (Wildman–Crippen MR) is 98.1 cm³/mol. The summed E-state index contributed by atoms with van der Waals surface area (Å²) in [5.41, 5.74) is 2.38. The van der Waals surface area contributed by atoms with Gasteiger partial charge in [0.2, 0.25) is 5.43 Å². The SMILES string of the molecule is CCOC(=O)c1cn(CCCl)c2cc(-c3ccncc3)ccc2c1=O. The van der Waals surface area contributed by atoms with E-state index in [4.69, 9.17) is 16.3 Å². The molecular weight excluding hydrogens is 340 g/mol. The van der Waals surface area contributed by atoms with Crippen LogP contribution in [0.2, 0.25) is 0 Å². The fourth-order valence-electron chi connectivity index (χ4n) is 2.74. The Bertz CT molecular complexity index is 968. The van der Waals surface area contributed by atoms with Crippen molar-refractivity contribution in [2.45, 2.75) is 13.5 Å². The summed E-state index contributed by atoms with van der Waals surface area (Å²) in [4.78, 5) is 28.8. The minimum absolute atomic E-state index is 0.0242. The highest BCUT2D eigenvalue weighted by atomic mass is 35.5. The molecule has 0 amide bonds. The Morgan fingerprint density at radius 1 is 1.20 bits per heavy atom. The third kappa shape index (κ3) is 3.42. The number of halogens is 1. The van der Waals surface area contributed by atoms with Crippen molar-refractivity contribution in [2.75, 3.05) is 12.5 Å². The molecule has 0 aliphatic carbocycles. The summed E-state index contributed by atoms with van der Waals surface area (Å²) in [7, 11) is 0. The Morgan fingerprint density at radius 3 is 2.64 bits per heavy atom. The molecule has 25 heavy (non-hydrogen) atoms. The zero-order chi connectivity index (χ0) is 17.8. The molecule has 5 nitrogen and oxygen atoms in total. The average Bonchev–Trinajstić information content (AvgIpc) is 2.64. The third-order valence-corrected chi connectivity index (χ3v) is 4.08. The lowest BCUT2D eigenvalue weighted by atomic mass is 10.0. The summed E-state index contributed by atoms with van der Waals surface area (Å²) in [5, 5.41) is 0.466. The molecule has 2 aromatic heterocycles. The van der Waals surface area contributed by atoms with Crippen molar-refractivity contribution in [3.05, 3.63) is 64.7 Å². The fraction of sp³-hybridized carbons (Fsp3) is 0.211. The fourth-order valence-corrected chi connectivity index (χ4v) is 2.93. The first-order valence-corrected chi connectivity index (χ1v) is 8.50. The summed E-state index contributed by atoms with van der Waals surface area (Å²) < 4.78 is 6.81. The van der Waals surface area contributed by atoms with Crippen LogP contribution in [0.1, 0.15) is 17.3 Å². The number of rotatable bonds is 5. The number of hydrogen-bond acceptors (Lipinski definition) is 4. The number of hydrogen-bond donors (Lipinski definition) is 0. The normalized spacial score (nSPS) is 10.8. The molecule has 0 atom stereocenters. The van der Waals surface area contributed by atoms with Crippen LogP contribution in [-0.2, 0) is 11.3 Å². The maximum absolute atomic E-state index is 12.7. The summed E-state index contributed by atoms with van der Waals surface area (Å²) in [5.74, 6) is -0.254. The van der Waals surface area contributed by atoms with Crippen LogP contribution in [0.4, 0.5) is 0 Å². The van der Waals surface area contributed by atoms with E-state index in [0.717, 1.165) is 16.6 Å². The van der Waals surface area contributed by atoms with E-state index in [0.29, 0.717) is 17.8 Å². The van der Waals surface area contributed by atoms with Gasteiger partial charge in [0.15, 0.2) is 0 Å². The predicted octanol–water partition coefficient (Wildman–Crippen LogP) is 3.48. The second-order valence-electron chi connectivity index (χ2n) is 5.44. The number of esters is 1. The lowest BCUT2D eigenvalue weighted by Crippen LogP contribution is -2.21. The number of fused-ring (bicyclic) bond motifs is 1. The Balaban J connectivity index is 2.22. The van der Waals surface area contributed by atoms with Gasteiger partial charge in [0, 0.05) is 36.4 Å². The van der Waals surface area contributed by atoms with E-state index >= 15 is 0 Å². The number of aromatic nitrogens is 2. The molecule has 2 heterocycles.